The molecule has 0 aliphatic carbocycles. The van der Waals surface area contributed by atoms with Crippen molar-refractivity contribution in [2.75, 3.05) is 62.6 Å². The van der Waals surface area contributed by atoms with Crippen LogP contribution in [0.15, 0.2) is 101 Å². The van der Waals surface area contributed by atoms with Crippen LogP contribution in [0.3, 0.4) is 0 Å². The number of nitrogens with two attached hydrogens (primary N) is 2. The largest absolute Gasteiger partial charge is 0.491 e. The van der Waals surface area contributed by atoms with E-state index in [0.29, 0.717) is 92.1 Å². The van der Waals surface area contributed by atoms with Crippen LogP contribution in [0.4, 0.5) is 11.4 Å². The van der Waals surface area contributed by atoms with Crippen molar-refractivity contribution in [3.05, 3.63) is 108 Å². The summed E-state index contributed by atoms with van der Waals surface area (Å²) < 4.78 is 75.6. The van der Waals surface area contributed by atoms with E-state index in [0.717, 1.165) is 43.4 Å². The number of aliphatic hydroxyl groups is 2. The van der Waals surface area contributed by atoms with E-state index in [-0.39, 0.29) is 22.3 Å². The second-order valence-corrected chi connectivity index (χ2v) is 21.6. The highest BCUT2D eigenvalue weighted by atomic mass is 32.2. The summed E-state index contributed by atoms with van der Waals surface area (Å²) in [5.74, 6) is 0.632. The Labute approximate surface area is 387 Å². The molecule has 2 heterocycles. The molecule has 12 nitrogen and oxygen atoms in total. The Morgan fingerprint density at radius 3 is 1.52 bits per heavy atom. The molecule has 65 heavy (non-hydrogen) atoms. The average molecular weight is 937 g/mol. The van der Waals surface area contributed by atoms with Gasteiger partial charge in [0.25, 0.3) is 0 Å². The number of sulfone groups is 2. The highest BCUT2D eigenvalue weighted by Gasteiger charge is 2.49. The Morgan fingerprint density at radius 2 is 1.03 bits per heavy atom. The molecule has 0 radical (unpaired) electrons. The van der Waals surface area contributed by atoms with Crippen LogP contribution < -0.4 is 20.9 Å². The maximum atomic E-state index is 13.6. The predicted molar refractivity (Wildman–Crippen MR) is 258 cm³/mol. The van der Waals surface area contributed by atoms with Crippen molar-refractivity contribution >= 4 is 31.0 Å². The first kappa shape index (κ1) is 51.8. The zero-order valence-corrected chi connectivity index (χ0v) is 40.5. The van der Waals surface area contributed by atoms with Crippen LogP contribution in [0, 0.1) is 10.8 Å². The SMILES string of the molecule is CCCC[C@@]1(CC)CS(=O)(=O)c2ccc(N)cc2[C@H](C)[C@@H]1O.CCCC[C@]1(CC)CS(=O)(=O)c2ccc(N)cc2[C@@H](c2ccc(OCCOCCOCCOc3ccccc3)cc2)[C@H]1O. The summed E-state index contributed by atoms with van der Waals surface area (Å²) in [6, 6.07) is 27.0. The summed E-state index contributed by atoms with van der Waals surface area (Å²) in [5.41, 5.74) is 13.6. The number of nitrogen functional groups attached to an aromatic ring is 2. The fourth-order valence-corrected chi connectivity index (χ4v) is 14.1. The number of fused-ring (bicyclic) bond motifs is 2. The number of unbranched alkanes of at least 4 members (excludes halogenated alkanes) is 2. The Hall–Kier alpha value is -4.18. The molecule has 358 valence electrons. The van der Waals surface area contributed by atoms with Gasteiger partial charge in [0.1, 0.15) is 24.7 Å². The van der Waals surface area contributed by atoms with E-state index in [1.165, 1.54) is 0 Å². The van der Waals surface area contributed by atoms with E-state index in [2.05, 4.69) is 13.8 Å². The van der Waals surface area contributed by atoms with E-state index in [1.54, 1.807) is 36.4 Å². The van der Waals surface area contributed by atoms with Gasteiger partial charge in [-0.1, -0.05) is 90.6 Å². The number of rotatable bonds is 20. The van der Waals surface area contributed by atoms with Crippen LogP contribution in [0.25, 0.3) is 0 Å². The summed E-state index contributed by atoms with van der Waals surface area (Å²) >= 11 is 0. The molecule has 0 aromatic heterocycles. The van der Waals surface area contributed by atoms with Crippen LogP contribution >= 0.6 is 0 Å². The lowest BCUT2D eigenvalue weighted by Gasteiger charge is -2.39. The molecule has 6 N–H and O–H groups in total. The number of aliphatic hydroxyl groups excluding tert-OH is 2. The van der Waals surface area contributed by atoms with Gasteiger partial charge in [-0.25, -0.2) is 16.8 Å². The topological polar surface area (TPSA) is 198 Å². The van der Waals surface area contributed by atoms with Gasteiger partial charge in [-0.3, -0.25) is 0 Å². The highest BCUT2D eigenvalue weighted by Crippen LogP contribution is 2.50. The third-order valence-corrected chi connectivity index (χ3v) is 17.4. The van der Waals surface area contributed by atoms with Crippen molar-refractivity contribution in [3.8, 4) is 11.5 Å². The first-order valence-corrected chi connectivity index (χ1v) is 26.5. The summed E-state index contributed by atoms with van der Waals surface area (Å²) in [7, 11) is -7.06. The van der Waals surface area contributed by atoms with Gasteiger partial charge in [0.15, 0.2) is 19.7 Å². The van der Waals surface area contributed by atoms with Gasteiger partial charge in [-0.2, -0.15) is 0 Å². The molecule has 6 atom stereocenters. The minimum absolute atomic E-state index is 0.0128. The molecule has 0 spiro atoms. The first-order valence-electron chi connectivity index (χ1n) is 23.2. The molecule has 0 fully saturated rings. The van der Waals surface area contributed by atoms with E-state index >= 15 is 0 Å². The van der Waals surface area contributed by atoms with Crippen LogP contribution in [0.2, 0.25) is 0 Å². The minimum atomic E-state index is -3.63. The van der Waals surface area contributed by atoms with Crippen molar-refractivity contribution < 1.29 is 46.0 Å². The van der Waals surface area contributed by atoms with Crippen LogP contribution in [-0.2, 0) is 29.1 Å². The van der Waals surface area contributed by atoms with Crippen molar-refractivity contribution in [2.45, 2.75) is 120 Å². The lowest BCUT2D eigenvalue weighted by Crippen LogP contribution is -2.42. The number of para-hydroxylation sites is 1. The fraction of sp³-hybridized carbons (Fsp3) is 0.529. The van der Waals surface area contributed by atoms with Crippen LogP contribution in [-0.4, -0.2) is 90.4 Å². The maximum absolute atomic E-state index is 13.6. The van der Waals surface area contributed by atoms with Gasteiger partial charge >= 0.3 is 0 Å². The molecule has 0 saturated heterocycles. The second kappa shape index (κ2) is 23.5. The lowest BCUT2D eigenvalue weighted by molar-refractivity contribution is 0.0126. The van der Waals surface area contributed by atoms with E-state index in [4.69, 9.17) is 30.4 Å². The second-order valence-electron chi connectivity index (χ2n) is 17.7. The monoisotopic (exact) mass is 936 g/mol. The summed E-state index contributed by atoms with van der Waals surface area (Å²) in [5, 5.41) is 22.9. The molecule has 0 saturated carbocycles. The fourth-order valence-electron chi connectivity index (χ4n) is 9.49. The van der Waals surface area contributed by atoms with Crippen LogP contribution in [0.1, 0.15) is 115 Å². The quantitative estimate of drug-likeness (QED) is 0.0487. The molecule has 0 unspecified atom stereocenters. The Bertz CT molecular complexity index is 2330. The smallest absolute Gasteiger partial charge is 0.179 e. The molecule has 0 bridgehead atoms. The molecule has 2 aliphatic heterocycles. The third-order valence-electron chi connectivity index (χ3n) is 13.4. The normalized spacial score (nSPS) is 24.3. The molecule has 14 heteroatoms. The van der Waals surface area contributed by atoms with Crippen LogP contribution in [0.5, 0.6) is 11.5 Å². The highest BCUT2D eigenvalue weighted by molar-refractivity contribution is 7.91. The average Bonchev–Trinajstić information content (AvgIpc) is 3.40. The zero-order chi connectivity index (χ0) is 47.3. The van der Waals surface area contributed by atoms with E-state index in [1.807, 2.05) is 75.4 Å². The summed E-state index contributed by atoms with van der Waals surface area (Å²) in [4.78, 5) is 0.586. The summed E-state index contributed by atoms with van der Waals surface area (Å²) in [6.07, 6.45) is 4.68. The molecule has 2 aliphatic rings. The third kappa shape index (κ3) is 12.8. The number of ether oxygens (including phenoxy) is 4. The van der Waals surface area contributed by atoms with Crippen molar-refractivity contribution in [1.29, 1.82) is 0 Å². The van der Waals surface area contributed by atoms with Gasteiger partial charge < -0.3 is 40.6 Å². The van der Waals surface area contributed by atoms with E-state index < -0.39 is 48.6 Å². The zero-order valence-electron chi connectivity index (χ0n) is 38.9. The van der Waals surface area contributed by atoms with Gasteiger partial charge in [0.05, 0.1) is 59.9 Å². The number of benzene rings is 4. The molecule has 0 amide bonds. The Kier molecular flexibility index (Phi) is 18.7. The van der Waals surface area contributed by atoms with Crippen molar-refractivity contribution in [2.24, 2.45) is 10.8 Å². The summed E-state index contributed by atoms with van der Waals surface area (Å²) in [6.45, 7) is 12.7. The number of anilines is 2. The van der Waals surface area contributed by atoms with Gasteiger partial charge in [0.2, 0.25) is 0 Å². The molecular weight excluding hydrogens is 865 g/mol. The van der Waals surface area contributed by atoms with Crippen molar-refractivity contribution in [3.63, 3.8) is 0 Å². The van der Waals surface area contributed by atoms with E-state index in [9.17, 15) is 27.0 Å². The minimum Gasteiger partial charge on any atom is -0.491 e. The lowest BCUT2D eigenvalue weighted by atomic mass is 9.69. The standard InChI is InChI=1S/C34H45NO7S.C17H27NO3S/c1-3-5-17-34(4-2)25-43(37,38)31-16-13-27(35)24-30(31)32(33(34)36)26-11-14-29(15-12-26)42-23-21-40-19-18-39-20-22-41-28-9-7-6-8-10-28;1-4-6-9-17(5-2)11-22(20,21)15-8-7-13(18)10-14(15)12(3)16(17)19/h6-16,24,32-33,36H,3-5,17-23,25,35H2,1-2H3;7-8,10,12,16,19H,4-6,9,11,18H2,1-3H3/t32-,33-,34-;12-,16-,17-/m10/s1. The maximum Gasteiger partial charge on any atom is 0.179 e. The number of hydrogen-bond donors (Lipinski definition) is 4. The van der Waals surface area contributed by atoms with Crippen molar-refractivity contribution in [1.82, 2.24) is 0 Å². The Morgan fingerprint density at radius 1 is 0.585 bits per heavy atom. The molecule has 4 aromatic rings. The first-order chi connectivity index (χ1) is 31.1. The number of hydrogen-bond acceptors (Lipinski definition) is 12. The molecular formula is C51H72N2O10S2. The van der Waals surface area contributed by atoms with Gasteiger partial charge in [-0.15, -0.1) is 0 Å². The Balaban J connectivity index is 0.000000302. The molecule has 4 aromatic carbocycles. The molecule has 6 rings (SSSR count). The van der Waals surface area contributed by atoms with Gasteiger partial charge in [0, 0.05) is 34.0 Å². The van der Waals surface area contributed by atoms with Gasteiger partial charge in [-0.05, 0) is 103 Å². The predicted octanol–water partition coefficient (Wildman–Crippen LogP) is 8.73.